The summed E-state index contributed by atoms with van der Waals surface area (Å²) in [5, 5.41) is 24.3. The SMILES string of the molecule is CC(=O)NS(=O)(=O)c1ccc(Nc2ncc([N+](=O)[O-])cc2[N+](=O)[O-])cc1. The lowest BCUT2D eigenvalue weighted by atomic mass is 10.3. The normalized spacial score (nSPS) is 10.8. The van der Waals surface area contributed by atoms with Crippen molar-refractivity contribution in [3.8, 4) is 0 Å². The standard InChI is InChI=1S/C13H11N5O7S/c1-8(19)16-26(24,25)11-4-2-9(3-5-11)15-13-12(18(22)23)6-10(7-14-13)17(20)21/h2-7H,1H3,(H,14,15)(H,16,19). The number of anilines is 2. The third kappa shape index (κ3) is 4.27. The first-order chi connectivity index (χ1) is 12.1. The van der Waals surface area contributed by atoms with Gasteiger partial charge in [0, 0.05) is 12.6 Å². The lowest BCUT2D eigenvalue weighted by Gasteiger charge is -2.08. The fourth-order valence-corrected chi connectivity index (χ4v) is 2.87. The van der Waals surface area contributed by atoms with E-state index in [9.17, 15) is 33.4 Å². The molecule has 0 spiro atoms. The molecule has 136 valence electrons. The van der Waals surface area contributed by atoms with Gasteiger partial charge in [-0.2, -0.15) is 0 Å². The number of aromatic nitrogens is 1. The van der Waals surface area contributed by atoms with Crippen molar-refractivity contribution in [2.45, 2.75) is 11.8 Å². The van der Waals surface area contributed by atoms with Gasteiger partial charge in [0.15, 0.2) is 0 Å². The minimum atomic E-state index is -4.01. The highest BCUT2D eigenvalue weighted by Crippen LogP contribution is 2.29. The predicted octanol–water partition coefficient (Wildman–Crippen LogP) is 1.47. The van der Waals surface area contributed by atoms with Gasteiger partial charge in [-0.15, -0.1) is 0 Å². The third-order valence-corrected chi connectivity index (χ3v) is 4.42. The Hall–Kier alpha value is -3.61. The molecule has 0 aliphatic rings. The van der Waals surface area contributed by atoms with Crippen molar-refractivity contribution in [2.75, 3.05) is 5.32 Å². The molecule has 0 unspecified atom stereocenters. The van der Waals surface area contributed by atoms with E-state index in [2.05, 4.69) is 10.3 Å². The van der Waals surface area contributed by atoms with E-state index in [1.165, 1.54) is 24.3 Å². The van der Waals surface area contributed by atoms with Crippen LogP contribution in [0.25, 0.3) is 0 Å². The van der Waals surface area contributed by atoms with Crippen LogP contribution in [0, 0.1) is 20.2 Å². The second-order valence-electron chi connectivity index (χ2n) is 4.89. The maximum Gasteiger partial charge on any atom is 0.318 e. The summed E-state index contributed by atoms with van der Waals surface area (Å²) in [4.78, 5) is 34.5. The van der Waals surface area contributed by atoms with Crippen molar-refractivity contribution >= 4 is 38.8 Å². The second kappa shape index (κ2) is 7.10. The molecule has 0 aliphatic carbocycles. The van der Waals surface area contributed by atoms with Gasteiger partial charge in [0.25, 0.3) is 15.7 Å². The molecular formula is C13H11N5O7S. The summed E-state index contributed by atoms with van der Waals surface area (Å²) in [6.07, 6.45) is 0.852. The Kier molecular flexibility index (Phi) is 5.11. The molecule has 2 aromatic rings. The topological polar surface area (TPSA) is 174 Å². The van der Waals surface area contributed by atoms with Crippen molar-refractivity contribution < 1.29 is 23.1 Å². The highest BCUT2D eigenvalue weighted by atomic mass is 32.2. The number of amides is 1. The van der Waals surface area contributed by atoms with Gasteiger partial charge in [0.2, 0.25) is 11.7 Å². The van der Waals surface area contributed by atoms with Crippen LogP contribution in [0.1, 0.15) is 6.92 Å². The predicted molar refractivity (Wildman–Crippen MR) is 88.3 cm³/mol. The minimum Gasteiger partial charge on any atom is -0.334 e. The molecule has 0 aliphatic heterocycles. The summed E-state index contributed by atoms with van der Waals surface area (Å²) in [5.41, 5.74) is -0.913. The van der Waals surface area contributed by atoms with Gasteiger partial charge < -0.3 is 5.32 Å². The zero-order chi connectivity index (χ0) is 19.5. The highest BCUT2D eigenvalue weighted by molar-refractivity contribution is 7.90. The van der Waals surface area contributed by atoms with Crippen LogP contribution in [0.5, 0.6) is 0 Å². The number of nitro groups is 2. The van der Waals surface area contributed by atoms with Crippen molar-refractivity contribution in [2.24, 2.45) is 0 Å². The number of benzene rings is 1. The zero-order valence-corrected chi connectivity index (χ0v) is 13.9. The fourth-order valence-electron chi connectivity index (χ4n) is 1.88. The summed E-state index contributed by atoms with van der Waals surface area (Å²) in [6.45, 7) is 1.05. The quantitative estimate of drug-likeness (QED) is 0.554. The molecule has 1 heterocycles. The number of hydrogen-bond acceptors (Lipinski definition) is 9. The van der Waals surface area contributed by atoms with Crippen LogP contribution < -0.4 is 10.0 Å². The van der Waals surface area contributed by atoms with Crippen LogP contribution >= 0.6 is 0 Å². The van der Waals surface area contributed by atoms with E-state index in [1.54, 1.807) is 4.72 Å². The van der Waals surface area contributed by atoms with Gasteiger partial charge >= 0.3 is 5.69 Å². The molecule has 0 saturated heterocycles. The molecule has 0 fully saturated rings. The zero-order valence-electron chi connectivity index (χ0n) is 13.1. The molecule has 12 nitrogen and oxygen atoms in total. The monoisotopic (exact) mass is 381 g/mol. The third-order valence-electron chi connectivity index (χ3n) is 2.97. The second-order valence-corrected chi connectivity index (χ2v) is 6.57. The molecule has 0 bridgehead atoms. The molecule has 0 saturated carbocycles. The Morgan fingerprint density at radius 3 is 2.23 bits per heavy atom. The average molecular weight is 381 g/mol. The Morgan fingerprint density at radius 1 is 1.12 bits per heavy atom. The van der Waals surface area contributed by atoms with Crippen LogP contribution in [-0.2, 0) is 14.8 Å². The first kappa shape index (κ1) is 18.7. The van der Waals surface area contributed by atoms with Crippen LogP contribution in [0.4, 0.5) is 22.9 Å². The number of sulfonamides is 1. The van der Waals surface area contributed by atoms with E-state index in [4.69, 9.17) is 0 Å². The number of pyridine rings is 1. The Bertz CT molecular complexity index is 988. The molecular weight excluding hydrogens is 370 g/mol. The summed E-state index contributed by atoms with van der Waals surface area (Å²) in [7, 11) is -4.01. The number of nitrogens with one attached hydrogen (secondary N) is 2. The van der Waals surface area contributed by atoms with Crippen molar-refractivity contribution in [3.63, 3.8) is 0 Å². The van der Waals surface area contributed by atoms with Gasteiger partial charge in [-0.25, -0.2) is 18.1 Å². The molecule has 0 radical (unpaired) electrons. The van der Waals surface area contributed by atoms with E-state index in [0.29, 0.717) is 0 Å². The average Bonchev–Trinajstić information content (AvgIpc) is 2.54. The summed E-state index contributed by atoms with van der Waals surface area (Å²) < 4.78 is 25.5. The minimum absolute atomic E-state index is 0.190. The van der Waals surface area contributed by atoms with E-state index >= 15 is 0 Å². The molecule has 13 heteroatoms. The Labute approximate surface area is 146 Å². The molecule has 1 amide bonds. The van der Waals surface area contributed by atoms with Gasteiger partial charge in [0.05, 0.1) is 20.8 Å². The molecule has 2 N–H and O–H groups in total. The van der Waals surface area contributed by atoms with Crippen LogP contribution in [0.15, 0.2) is 41.4 Å². The number of hydrogen-bond donors (Lipinski definition) is 2. The lowest BCUT2D eigenvalue weighted by Crippen LogP contribution is -2.28. The van der Waals surface area contributed by atoms with E-state index in [0.717, 1.165) is 19.2 Å². The van der Waals surface area contributed by atoms with E-state index in [1.807, 2.05) is 0 Å². The van der Waals surface area contributed by atoms with E-state index in [-0.39, 0.29) is 16.4 Å². The number of carbonyl (C=O) groups is 1. The van der Waals surface area contributed by atoms with Gasteiger partial charge in [-0.3, -0.25) is 25.0 Å². The first-order valence-electron chi connectivity index (χ1n) is 6.79. The van der Waals surface area contributed by atoms with Gasteiger partial charge in [0.1, 0.15) is 6.20 Å². The molecule has 2 rings (SSSR count). The molecule has 26 heavy (non-hydrogen) atoms. The maximum absolute atomic E-state index is 11.8. The fraction of sp³-hybridized carbons (Fsp3) is 0.0769. The molecule has 0 atom stereocenters. The van der Waals surface area contributed by atoms with Crippen molar-refractivity contribution in [1.29, 1.82) is 0 Å². The summed E-state index contributed by atoms with van der Waals surface area (Å²) in [5.74, 6) is -1.00. The molecule has 1 aromatic heterocycles. The van der Waals surface area contributed by atoms with E-state index < -0.39 is 37.2 Å². The maximum atomic E-state index is 11.8. The number of carbonyl (C=O) groups excluding carboxylic acids is 1. The Balaban J connectivity index is 2.31. The smallest absolute Gasteiger partial charge is 0.318 e. The summed E-state index contributed by atoms with van der Waals surface area (Å²) >= 11 is 0. The van der Waals surface area contributed by atoms with Gasteiger partial charge in [-0.1, -0.05) is 0 Å². The van der Waals surface area contributed by atoms with Crippen LogP contribution in [0.2, 0.25) is 0 Å². The van der Waals surface area contributed by atoms with Crippen LogP contribution in [0.3, 0.4) is 0 Å². The van der Waals surface area contributed by atoms with Crippen LogP contribution in [-0.4, -0.2) is 29.2 Å². The lowest BCUT2D eigenvalue weighted by molar-refractivity contribution is -0.394. The Morgan fingerprint density at radius 2 is 1.73 bits per heavy atom. The van der Waals surface area contributed by atoms with Crippen molar-refractivity contribution in [3.05, 3.63) is 56.8 Å². The number of rotatable bonds is 6. The summed E-state index contributed by atoms with van der Waals surface area (Å²) in [6, 6.07) is 5.68. The van der Waals surface area contributed by atoms with Gasteiger partial charge in [-0.05, 0) is 24.3 Å². The highest BCUT2D eigenvalue weighted by Gasteiger charge is 2.21. The van der Waals surface area contributed by atoms with Crippen molar-refractivity contribution in [1.82, 2.24) is 9.71 Å². The number of nitrogens with zero attached hydrogens (tertiary/aromatic N) is 3. The first-order valence-corrected chi connectivity index (χ1v) is 8.28. The largest absolute Gasteiger partial charge is 0.334 e. The molecule has 1 aromatic carbocycles.